The number of guanidine groups is 1. The summed E-state index contributed by atoms with van der Waals surface area (Å²) in [5.74, 6) is 2.10. The number of nitrogens with one attached hydrogen (secondary N) is 3. The number of carbonyl (C=O) groups excluding carboxylic acids is 3. The van der Waals surface area contributed by atoms with E-state index in [1.54, 1.807) is 11.1 Å². The van der Waals surface area contributed by atoms with Gasteiger partial charge in [-0.1, -0.05) is 76.2 Å². The number of H-pyrrole nitrogens is 2. The molecule has 5 N–H and O–H groups in total. The molecule has 0 saturated carbocycles. The van der Waals surface area contributed by atoms with Gasteiger partial charge >= 0.3 is 6.09 Å². The number of primary amides is 1. The molecule has 0 radical (unpaired) electrons. The summed E-state index contributed by atoms with van der Waals surface area (Å²) in [5, 5.41) is 3.43. The first-order valence-electron chi connectivity index (χ1n) is 19.9. The van der Waals surface area contributed by atoms with Crippen molar-refractivity contribution in [3.63, 3.8) is 0 Å². The topological polar surface area (TPSA) is 178 Å². The maximum absolute atomic E-state index is 13.9. The maximum atomic E-state index is 13.9. The second-order valence-electron chi connectivity index (χ2n) is 15.6. The van der Waals surface area contributed by atoms with Crippen LogP contribution < -0.4 is 11.1 Å². The lowest BCUT2D eigenvalue weighted by atomic mass is 10.00. The molecule has 0 bridgehead atoms. The van der Waals surface area contributed by atoms with Crippen LogP contribution in [0.2, 0.25) is 0 Å². The Kier molecular flexibility index (Phi) is 11.4. The van der Waals surface area contributed by atoms with Crippen LogP contribution in [0.15, 0.2) is 65.9 Å². The predicted molar refractivity (Wildman–Crippen MR) is 215 cm³/mol. The van der Waals surface area contributed by atoms with Crippen LogP contribution in [0.3, 0.4) is 0 Å². The number of nitrogens with zero attached hydrogens (tertiary/aromatic N) is 6. The van der Waals surface area contributed by atoms with Crippen molar-refractivity contribution in [2.75, 3.05) is 33.2 Å². The molecule has 0 aliphatic carbocycles. The highest BCUT2D eigenvalue weighted by Crippen LogP contribution is 2.35. The first-order valence-corrected chi connectivity index (χ1v) is 19.9. The molecule has 3 aliphatic rings. The zero-order valence-electron chi connectivity index (χ0n) is 33.0. The van der Waals surface area contributed by atoms with Crippen molar-refractivity contribution in [1.82, 2.24) is 40.0 Å². The van der Waals surface area contributed by atoms with E-state index in [0.29, 0.717) is 25.3 Å². The third-order valence-corrected chi connectivity index (χ3v) is 11.5. The lowest BCUT2D eigenvalue weighted by molar-refractivity contribution is -0.144. The molecule has 14 nitrogen and oxygen atoms in total. The van der Waals surface area contributed by atoms with Gasteiger partial charge in [0.1, 0.15) is 17.7 Å². The van der Waals surface area contributed by atoms with E-state index in [4.69, 9.17) is 15.5 Å². The van der Waals surface area contributed by atoms with E-state index in [9.17, 15) is 14.4 Å². The molecule has 5 heterocycles. The average Bonchev–Trinajstić information content (AvgIpc) is 4.05. The van der Waals surface area contributed by atoms with Crippen molar-refractivity contribution < 1.29 is 19.1 Å². The zero-order valence-corrected chi connectivity index (χ0v) is 33.0. The van der Waals surface area contributed by atoms with Gasteiger partial charge in [-0.3, -0.25) is 14.6 Å². The molecule has 296 valence electrons. The monoisotopic (exact) mass is 762 g/mol. The molecule has 1 unspecified atom stereocenters. The van der Waals surface area contributed by atoms with Crippen LogP contribution in [0.5, 0.6) is 0 Å². The molecule has 3 amide bonds. The minimum absolute atomic E-state index is 0.0863. The molecule has 5 atom stereocenters. The Morgan fingerprint density at radius 1 is 0.804 bits per heavy atom. The van der Waals surface area contributed by atoms with E-state index < -0.39 is 12.2 Å². The molecule has 2 aromatic carbocycles. The molecular weight excluding hydrogens is 709 g/mol. The lowest BCUT2D eigenvalue weighted by Crippen LogP contribution is -2.53. The van der Waals surface area contributed by atoms with Gasteiger partial charge in [0.25, 0.3) is 5.91 Å². The number of imidazole rings is 2. The van der Waals surface area contributed by atoms with Crippen molar-refractivity contribution in [2.45, 2.75) is 84.0 Å². The van der Waals surface area contributed by atoms with E-state index in [0.717, 1.165) is 84.2 Å². The van der Waals surface area contributed by atoms with Crippen molar-refractivity contribution in [1.29, 1.82) is 0 Å². The SMILES string of the molecule is CCC(C)[C@H](OC(N)=O)C(=O)N1CCC[C@H]1c1ncc(-c2ccc(-c3ccc(-c4cnc([C@@H]5CCCN5C(=O)[C@H](NC5=NCCN5C)C(C)C)[nH]4)cc3)cc2)[nH]1. The van der Waals surface area contributed by atoms with E-state index >= 15 is 0 Å². The number of aromatic nitrogens is 4. The van der Waals surface area contributed by atoms with Crippen LogP contribution in [0, 0.1) is 11.8 Å². The summed E-state index contributed by atoms with van der Waals surface area (Å²) in [4.78, 5) is 65.8. The fraction of sp³-hybridized carbons (Fsp3) is 0.476. The molecule has 2 fully saturated rings. The van der Waals surface area contributed by atoms with Gasteiger partial charge in [0.2, 0.25) is 5.91 Å². The third kappa shape index (κ3) is 8.00. The molecular formula is C42H54N10O4. The number of nitrogens with two attached hydrogens (primary N) is 1. The smallest absolute Gasteiger partial charge is 0.405 e. The van der Waals surface area contributed by atoms with Crippen LogP contribution in [-0.2, 0) is 14.3 Å². The van der Waals surface area contributed by atoms with Gasteiger partial charge in [-0.2, -0.15) is 0 Å². The Morgan fingerprint density at radius 2 is 1.30 bits per heavy atom. The third-order valence-electron chi connectivity index (χ3n) is 11.5. The average molecular weight is 763 g/mol. The number of aromatic amines is 2. The second kappa shape index (κ2) is 16.6. The Balaban J connectivity index is 0.997. The number of hydrogen-bond donors (Lipinski definition) is 4. The van der Waals surface area contributed by atoms with Crippen LogP contribution in [-0.4, -0.2) is 104 Å². The number of amides is 3. The molecule has 2 aromatic heterocycles. The maximum Gasteiger partial charge on any atom is 0.405 e. The highest BCUT2D eigenvalue weighted by Gasteiger charge is 2.40. The van der Waals surface area contributed by atoms with E-state index in [1.165, 1.54) is 0 Å². The van der Waals surface area contributed by atoms with Gasteiger partial charge in [0.15, 0.2) is 12.1 Å². The summed E-state index contributed by atoms with van der Waals surface area (Å²) in [7, 11) is 2.00. The van der Waals surface area contributed by atoms with E-state index in [-0.39, 0.29) is 41.8 Å². The largest absolute Gasteiger partial charge is 0.436 e. The molecule has 3 aliphatic heterocycles. The summed E-state index contributed by atoms with van der Waals surface area (Å²) in [6.07, 6.45) is 5.87. The molecule has 7 rings (SSSR count). The number of hydrogen-bond acceptors (Lipinski definition) is 9. The molecule has 56 heavy (non-hydrogen) atoms. The normalized spacial score (nSPS) is 20.0. The minimum atomic E-state index is -0.944. The van der Waals surface area contributed by atoms with Gasteiger partial charge in [-0.05, 0) is 60.3 Å². The predicted octanol–water partition coefficient (Wildman–Crippen LogP) is 5.89. The lowest BCUT2D eigenvalue weighted by Gasteiger charge is -2.31. The fourth-order valence-electron chi connectivity index (χ4n) is 8.05. The molecule has 0 spiro atoms. The van der Waals surface area contributed by atoms with Crippen LogP contribution in [0.1, 0.15) is 83.5 Å². The van der Waals surface area contributed by atoms with Crippen LogP contribution in [0.25, 0.3) is 33.6 Å². The van der Waals surface area contributed by atoms with E-state index in [1.807, 2.05) is 32.0 Å². The highest BCUT2D eigenvalue weighted by molar-refractivity contribution is 5.90. The quantitative estimate of drug-likeness (QED) is 0.138. The Morgan fingerprint density at radius 3 is 1.75 bits per heavy atom. The summed E-state index contributed by atoms with van der Waals surface area (Å²) in [5.41, 5.74) is 11.2. The minimum Gasteiger partial charge on any atom is -0.436 e. The fourth-order valence-corrected chi connectivity index (χ4v) is 8.05. The number of likely N-dealkylation sites (tertiary alicyclic amines) is 2. The van der Waals surface area contributed by atoms with Gasteiger partial charge in [0.05, 0.1) is 42.4 Å². The molecule has 14 heteroatoms. The Labute approximate surface area is 328 Å². The van der Waals surface area contributed by atoms with Crippen molar-refractivity contribution in [3.8, 4) is 33.6 Å². The van der Waals surface area contributed by atoms with Gasteiger partial charge in [-0.15, -0.1) is 0 Å². The van der Waals surface area contributed by atoms with Crippen LogP contribution >= 0.6 is 0 Å². The number of rotatable bonds is 12. The van der Waals surface area contributed by atoms with Crippen LogP contribution in [0.4, 0.5) is 4.79 Å². The number of ether oxygens (including phenoxy) is 1. The number of likely N-dealkylation sites (N-methyl/N-ethyl adjacent to an activating group) is 1. The zero-order chi connectivity index (χ0) is 39.5. The standard InChI is InChI=1S/C42H54N10O4/c1-6-26(4)36(56-41(43)55)40(54)52-21-8-10-34(52)38-46-24-32(48-38)30-17-13-28(14-18-30)27-11-15-29(16-12-27)31-23-45-37(47-31)33-9-7-20-51(33)39(53)35(25(2)3)49-42-44-19-22-50(42)5/h11-18,23-26,33-36H,6-10,19-22H2,1-5H3,(H2,43,55)(H,44,49)(H,45,47)(H,46,48)/t26?,33-,34-,35+,36-/m0/s1. The number of benzene rings is 2. The first kappa shape index (κ1) is 38.6. The summed E-state index contributed by atoms with van der Waals surface area (Å²) < 4.78 is 5.27. The van der Waals surface area contributed by atoms with Gasteiger partial charge < -0.3 is 40.5 Å². The van der Waals surface area contributed by atoms with Gasteiger partial charge in [0, 0.05) is 32.6 Å². The Hall–Kier alpha value is -5.66. The first-order chi connectivity index (χ1) is 27.0. The van der Waals surface area contributed by atoms with Gasteiger partial charge in [-0.25, -0.2) is 14.8 Å². The summed E-state index contributed by atoms with van der Waals surface area (Å²) >= 11 is 0. The van der Waals surface area contributed by atoms with E-state index in [2.05, 4.69) is 92.5 Å². The summed E-state index contributed by atoms with van der Waals surface area (Å²) in [6, 6.07) is 16.0. The van der Waals surface area contributed by atoms with Crippen molar-refractivity contribution in [3.05, 3.63) is 72.6 Å². The molecule has 4 aromatic rings. The van der Waals surface area contributed by atoms with Crippen molar-refractivity contribution >= 4 is 23.9 Å². The second-order valence-corrected chi connectivity index (χ2v) is 15.6. The number of carbonyl (C=O) groups is 3. The Bertz CT molecular complexity index is 2040. The summed E-state index contributed by atoms with van der Waals surface area (Å²) in [6.45, 7) is 10.8. The van der Waals surface area contributed by atoms with Crippen molar-refractivity contribution in [2.24, 2.45) is 22.6 Å². The molecule has 2 saturated heterocycles. The highest BCUT2D eigenvalue weighted by atomic mass is 16.6. The number of aliphatic imine (C=N–C) groups is 1.